The normalized spacial score (nSPS) is 12.2. The quantitative estimate of drug-likeness (QED) is 0.558. The van der Waals surface area contributed by atoms with E-state index < -0.39 is 6.10 Å². The molecule has 0 fully saturated rings. The lowest BCUT2D eigenvalue weighted by molar-refractivity contribution is 0.191. The van der Waals surface area contributed by atoms with Crippen LogP contribution in [0.5, 0.6) is 0 Å². The molecular weight excluding hydrogens is 330 g/mol. The highest BCUT2D eigenvalue weighted by Crippen LogP contribution is 2.27. The Kier molecular flexibility index (Phi) is 4.41. The number of nitrogens with one attached hydrogen (secondary N) is 1. The van der Waals surface area contributed by atoms with Crippen LogP contribution in [0.15, 0.2) is 72.1 Å². The molecule has 5 heteroatoms. The molecule has 1 atom stereocenters. The molecule has 4 nitrogen and oxygen atoms in total. The van der Waals surface area contributed by atoms with Crippen molar-refractivity contribution in [3.8, 4) is 10.7 Å². The first-order valence-corrected chi connectivity index (χ1v) is 8.97. The van der Waals surface area contributed by atoms with Crippen LogP contribution in [0, 0.1) is 0 Å². The van der Waals surface area contributed by atoms with Crippen molar-refractivity contribution in [3.63, 3.8) is 0 Å². The van der Waals surface area contributed by atoms with Gasteiger partial charge in [-0.2, -0.15) is 0 Å². The van der Waals surface area contributed by atoms with Crippen molar-refractivity contribution in [1.29, 1.82) is 0 Å². The third kappa shape index (κ3) is 3.38. The minimum atomic E-state index is -0.597. The number of benzene rings is 2. The minimum absolute atomic E-state index is 0.384. The molecule has 2 aromatic carbocycles. The number of aliphatic hydroxyl groups excluding tert-OH is 1. The Labute approximate surface area is 149 Å². The Hall–Kier alpha value is -2.76. The van der Waals surface area contributed by atoms with E-state index in [9.17, 15) is 5.11 Å². The van der Waals surface area contributed by atoms with Crippen molar-refractivity contribution in [2.24, 2.45) is 0 Å². The molecule has 0 saturated heterocycles. The van der Waals surface area contributed by atoms with Crippen molar-refractivity contribution in [2.75, 3.05) is 11.9 Å². The average molecular weight is 347 g/mol. The van der Waals surface area contributed by atoms with Crippen molar-refractivity contribution < 1.29 is 5.11 Å². The first-order chi connectivity index (χ1) is 12.3. The van der Waals surface area contributed by atoms with E-state index in [1.807, 2.05) is 72.1 Å². The van der Waals surface area contributed by atoms with E-state index in [0.29, 0.717) is 12.4 Å². The van der Waals surface area contributed by atoms with E-state index in [-0.39, 0.29) is 0 Å². The lowest BCUT2D eigenvalue weighted by Gasteiger charge is -2.14. The molecular formula is C20H17N3OS. The highest BCUT2D eigenvalue weighted by atomic mass is 32.1. The topological polar surface area (TPSA) is 58.0 Å². The Bertz CT molecular complexity index is 971. The monoisotopic (exact) mass is 347 g/mol. The molecule has 0 bridgehead atoms. The summed E-state index contributed by atoms with van der Waals surface area (Å²) >= 11 is 1.61. The van der Waals surface area contributed by atoms with Gasteiger partial charge >= 0.3 is 0 Å². The van der Waals surface area contributed by atoms with Gasteiger partial charge in [0.05, 0.1) is 16.5 Å². The van der Waals surface area contributed by atoms with Gasteiger partial charge in [0, 0.05) is 11.9 Å². The lowest BCUT2D eigenvalue weighted by Crippen LogP contribution is -2.13. The molecule has 4 aromatic rings. The van der Waals surface area contributed by atoms with Crippen LogP contribution in [0.1, 0.15) is 11.7 Å². The molecule has 4 rings (SSSR count). The molecule has 124 valence electrons. The number of para-hydroxylation sites is 1. The van der Waals surface area contributed by atoms with Crippen LogP contribution in [-0.2, 0) is 0 Å². The summed E-state index contributed by atoms with van der Waals surface area (Å²) in [6.45, 7) is 0.384. The SMILES string of the molecule is O[C@H](CNc1nc(-c2cccs2)nc2ccccc12)c1ccccc1. The molecule has 0 aliphatic carbocycles. The van der Waals surface area contributed by atoms with Gasteiger partial charge in [-0.25, -0.2) is 9.97 Å². The molecule has 0 spiro atoms. The Morgan fingerprint density at radius 3 is 2.52 bits per heavy atom. The van der Waals surface area contributed by atoms with E-state index >= 15 is 0 Å². The number of nitrogens with zero attached hydrogens (tertiary/aromatic N) is 2. The Morgan fingerprint density at radius 2 is 1.72 bits per heavy atom. The van der Waals surface area contributed by atoms with Gasteiger partial charge in [0.25, 0.3) is 0 Å². The highest BCUT2D eigenvalue weighted by Gasteiger charge is 2.12. The van der Waals surface area contributed by atoms with Crippen LogP contribution in [-0.4, -0.2) is 21.6 Å². The molecule has 25 heavy (non-hydrogen) atoms. The number of hydrogen-bond acceptors (Lipinski definition) is 5. The van der Waals surface area contributed by atoms with Crippen LogP contribution in [0.2, 0.25) is 0 Å². The molecule has 0 radical (unpaired) electrons. The molecule has 0 unspecified atom stereocenters. The number of fused-ring (bicyclic) bond motifs is 1. The van der Waals surface area contributed by atoms with Crippen molar-refractivity contribution in [3.05, 3.63) is 77.7 Å². The summed E-state index contributed by atoms with van der Waals surface area (Å²) in [5.41, 5.74) is 1.77. The van der Waals surface area contributed by atoms with Crippen LogP contribution in [0.4, 0.5) is 5.82 Å². The lowest BCUT2D eigenvalue weighted by atomic mass is 10.1. The second-order valence-electron chi connectivity index (χ2n) is 5.70. The second kappa shape index (κ2) is 7.01. The van der Waals surface area contributed by atoms with Crippen LogP contribution >= 0.6 is 11.3 Å². The molecule has 2 heterocycles. The van der Waals surface area contributed by atoms with E-state index in [0.717, 1.165) is 27.2 Å². The summed E-state index contributed by atoms with van der Waals surface area (Å²) < 4.78 is 0. The first kappa shape index (κ1) is 15.7. The van der Waals surface area contributed by atoms with Crippen molar-refractivity contribution >= 4 is 28.1 Å². The molecule has 0 aliphatic rings. The summed E-state index contributed by atoms with van der Waals surface area (Å²) in [7, 11) is 0. The largest absolute Gasteiger partial charge is 0.387 e. The number of hydrogen-bond donors (Lipinski definition) is 2. The van der Waals surface area contributed by atoms with Crippen LogP contribution in [0.3, 0.4) is 0 Å². The zero-order valence-corrected chi connectivity index (χ0v) is 14.3. The third-order valence-corrected chi connectivity index (χ3v) is 4.86. The molecule has 0 saturated carbocycles. The Balaban J connectivity index is 1.66. The third-order valence-electron chi connectivity index (χ3n) is 3.99. The summed E-state index contributed by atoms with van der Waals surface area (Å²) in [4.78, 5) is 10.4. The van der Waals surface area contributed by atoms with E-state index in [2.05, 4.69) is 15.3 Å². The van der Waals surface area contributed by atoms with Gasteiger partial charge in [-0.05, 0) is 29.1 Å². The van der Waals surface area contributed by atoms with Gasteiger partial charge < -0.3 is 10.4 Å². The fourth-order valence-electron chi connectivity index (χ4n) is 2.71. The van der Waals surface area contributed by atoms with Gasteiger partial charge in [-0.1, -0.05) is 48.5 Å². The number of anilines is 1. The van der Waals surface area contributed by atoms with Gasteiger partial charge in [0.2, 0.25) is 0 Å². The van der Waals surface area contributed by atoms with Gasteiger partial charge in [-0.3, -0.25) is 0 Å². The number of aromatic nitrogens is 2. The first-order valence-electron chi connectivity index (χ1n) is 8.09. The summed E-state index contributed by atoms with van der Waals surface area (Å²) in [5.74, 6) is 1.44. The standard InChI is InChI=1S/C20H17N3OS/c24-17(14-7-2-1-3-8-14)13-21-19-15-9-4-5-10-16(15)22-20(23-19)18-11-6-12-25-18/h1-12,17,24H,13H2,(H,21,22,23)/t17-/m1/s1. The fourth-order valence-corrected chi connectivity index (χ4v) is 3.37. The van der Waals surface area contributed by atoms with E-state index in [1.54, 1.807) is 11.3 Å². The molecule has 0 aliphatic heterocycles. The average Bonchev–Trinajstić information content (AvgIpc) is 3.21. The van der Waals surface area contributed by atoms with Crippen LogP contribution < -0.4 is 5.32 Å². The van der Waals surface area contributed by atoms with E-state index in [1.165, 1.54) is 0 Å². The number of thiophene rings is 1. The van der Waals surface area contributed by atoms with Gasteiger partial charge in [-0.15, -0.1) is 11.3 Å². The summed E-state index contributed by atoms with van der Waals surface area (Å²) in [5, 5.41) is 16.7. The van der Waals surface area contributed by atoms with Gasteiger partial charge in [0.1, 0.15) is 5.82 Å². The predicted molar refractivity (Wildman–Crippen MR) is 103 cm³/mol. The minimum Gasteiger partial charge on any atom is -0.387 e. The number of aliphatic hydroxyl groups is 1. The maximum atomic E-state index is 10.4. The maximum absolute atomic E-state index is 10.4. The Morgan fingerprint density at radius 1 is 0.920 bits per heavy atom. The molecule has 2 N–H and O–H groups in total. The zero-order chi connectivity index (χ0) is 17.1. The summed E-state index contributed by atoms with van der Waals surface area (Å²) in [6.07, 6.45) is -0.597. The van der Waals surface area contributed by atoms with Crippen molar-refractivity contribution in [2.45, 2.75) is 6.10 Å². The zero-order valence-electron chi connectivity index (χ0n) is 13.5. The van der Waals surface area contributed by atoms with Crippen molar-refractivity contribution in [1.82, 2.24) is 9.97 Å². The number of rotatable bonds is 5. The van der Waals surface area contributed by atoms with Crippen LogP contribution in [0.25, 0.3) is 21.6 Å². The molecule has 2 aromatic heterocycles. The second-order valence-corrected chi connectivity index (χ2v) is 6.65. The summed E-state index contributed by atoms with van der Waals surface area (Å²) in [6, 6.07) is 21.5. The highest BCUT2D eigenvalue weighted by molar-refractivity contribution is 7.13. The predicted octanol–water partition coefficient (Wildman–Crippen LogP) is 4.50. The fraction of sp³-hybridized carbons (Fsp3) is 0.100. The molecule has 0 amide bonds. The smallest absolute Gasteiger partial charge is 0.172 e. The van der Waals surface area contributed by atoms with E-state index in [4.69, 9.17) is 0 Å². The maximum Gasteiger partial charge on any atom is 0.172 e. The van der Waals surface area contributed by atoms with Gasteiger partial charge in [0.15, 0.2) is 5.82 Å².